The van der Waals surface area contributed by atoms with Gasteiger partial charge in [-0.15, -0.1) is 0 Å². The van der Waals surface area contributed by atoms with Gasteiger partial charge in [0.05, 0.1) is 5.56 Å². The summed E-state index contributed by atoms with van der Waals surface area (Å²) >= 11 is 0. The molecule has 2 aromatic heterocycles. The van der Waals surface area contributed by atoms with Crippen LogP contribution in [0.3, 0.4) is 0 Å². The van der Waals surface area contributed by atoms with Crippen molar-refractivity contribution in [1.29, 1.82) is 0 Å². The zero-order valence-corrected chi connectivity index (χ0v) is 14.2. The fourth-order valence-electron chi connectivity index (χ4n) is 2.18. The van der Waals surface area contributed by atoms with Crippen LogP contribution in [0.25, 0.3) is 5.78 Å². The summed E-state index contributed by atoms with van der Waals surface area (Å²) in [6, 6.07) is 2.27. The highest BCUT2D eigenvalue weighted by Gasteiger charge is 2.35. The Morgan fingerprint density at radius 3 is 2.42 bits per heavy atom. The van der Waals surface area contributed by atoms with E-state index < -0.39 is 23.4 Å². The van der Waals surface area contributed by atoms with Crippen molar-refractivity contribution in [2.45, 2.75) is 33.5 Å². The third kappa shape index (κ3) is 4.06. The SMILES string of the molecule is CC.Cc1cc(NCc2cc(F)c(C(F)(F)F)cc2F)n2ncnc2n1. The van der Waals surface area contributed by atoms with Crippen LogP contribution >= 0.6 is 0 Å². The van der Waals surface area contributed by atoms with Crippen LogP contribution in [0.15, 0.2) is 24.5 Å². The summed E-state index contributed by atoms with van der Waals surface area (Å²) in [6.45, 7) is 5.47. The number of aromatic nitrogens is 4. The predicted octanol–water partition coefficient (Wildman–Crippen LogP) is 4.37. The molecule has 1 N–H and O–H groups in total. The predicted molar refractivity (Wildman–Crippen MR) is 85.6 cm³/mol. The highest BCUT2D eigenvalue weighted by Crippen LogP contribution is 2.32. The summed E-state index contributed by atoms with van der Waals surface area (Å²) in [5.74, 6) is -1.99. The molecule has 1 aromatic carbocycles. The van der Waals surface area contributed by atoms with E-state index in [1.54, 1.807) is 13.0 Å². The monoisotopic (exact) mass is 373 g/mol. The average Bonchev–Trinajstić information content (AvgIpc) is 3.04. The van der Waals surface area contributed by atoms with E-state index in [-0.39, 0.29) is 18.2 Å². The molecular formula is C16H16F5N5. The molecule has 10 heteroatoms. The Bertz CT molecular complexity index is 904. The Balaban J connectivity index is 0.00000117. The molecule has 0 radical (unpaired) electrons. The Hall–Kier alpha value is -2.78. The molecule has 0 atom stereocenters. The highest BCUT2D eigenvalue weighted by atomic mass is 19.4. The lowest BCUT2D eigenvalue weighted by Gasteiger charge is -2.12. The van der Waals surface area contributed by atoms with Gasteiger partial charge in [-0.05, 0) is 19.1 Å². The largest absolute Gasteiger partial charge is 0.419 e. The van der Waals surface area contributed by atoms with E-state index in [1.807, 2.05) is 13.8 Å². The van der Waals surface area contributed by atoms with Gasteiger partial charge in [-0.3, -0.25) is 0 Å². The van der Waals surface area contributed by atoms with Crippen molar-refractivity contribution in [2.75, 3.05) is 5.32 Å². The average molecular weight is 373 g/mol. The van der Waals surface area contributed by atoms with Gasteiger partial charge in [0.15, 0.2) is 0 Å². The maximum Gasteiger partial charge on any atom is 0.419 e. The van der Waals surface area contributed by atoms with E-state index >= 15 is 0 Å². The Morgan fingerprint density at radius 2 is 1.77 bits per heavy atom. The van der Waals surface area contributed by atoms with Crippen molar-refractivity contribution in [2.24, 2.45) is 0 Å². The number of nitrogens with one attached hydrogen (secondary N) is 1. The molecule has 2 heterocycles. The zero-order valence-electron chi connectivity index (χ0n) is 14.2. The lowest BCUT2D eigenvalue weighted by molar-refractivity contribution is -0.140. The van der Waals surface area contributed by atoms with E-state index in [9.17, 15) is 22.0 Å². The minimum atomic E-state index is -4.95. The Morgan fingerprint density at radius 1 is 1.08 bits per heavy atom. The van der Waals surface area contributed by atoms with Crippen LogP contribution in [0.2, 0.25) is 0 Å². The molecule has 0 aliphatic carbocycles. The fraction of sp³-hybridized carbons (Fsp3) is 0.312. The van der Waals surface area contributed by atoms with Gasteiger partial charge in [0.1, 0.15) is 23.8 Å². The standard InChI is InChI=1S/C14H10F5N5.C2H6/c1-7-2-12(24-13(23-7)21-6-22-24)20-5-8-3-11(16)9(4-10(8)15)14(17,18)19;1-2/h2-4,6,20H,5H2,1H3;1-2H3. The summed E-state index contributed by atoms with van der Waals surface area (Å²) < 4.78 is 66.4. The molecule has 0 fully saturated rings. The van der Waals surface area contributed by atoms with Crippen molar-refractivity contribution < 1.29 is 22.0 Å². The quantitative estimate of drug-likeness (QED) is 0.693. The van der Waals surface area contributed by atoms with E-state index in [2.05, 4.69) is 20.4 Å². The zero-order chi connectivity index (χ0) is 19.5. The molecular weight excluding hydrogens is 357 g/mol. The first-order valence-corrected chi connectivity index (χ1v) is 7.72. The summed E-state index contributed by atoms with van der Waals surface area (Å²) in [7, 11) is 0. The molecule has 5 nitrogen and oxygen atoms in total. The molecule has 26 heavy (non-hydrogen) atoms. The van der Waals surface area contributed by atoms with Crippen molar-refractivity contribution in [1.82, 2.24) is 19.6 Å². The van der Waals surface area contributed by atoms with Crippen LogP contribution in [0.1, 0.15) is 30.7 Å². The maximum absolute atomic E-state index is 13.8. The van der Waals surface area contributed by atoms with Crippen molar-refractivity contribution in [3.05, 3.63) is 53.0 Å². The van der Waals surface area contributed by atoms with Crippen LogP contribution in [0, 0.1) is 18.6 Å². The number of aryl methyl sites for hydroxylation is 1. The second-order valence-corrected chi connectivity index (χ2v) is 5.03. The highest BCUT2D eigenvalue weighted by molar-refractivity contribution is 5.45. The summed E-state index contributed by atoms with van der Waals surface area (Å²) in [4.78, 5) is 8.02. The molecule has 0 saturated heterocycles. The molecule has 0 aliphatic rings. The van der Waals surface area contributed by atoms with Gasteiger partial charge in [-0.25, -0.2) is 13.8 Å². The summed E-state index contributed by atoms with van der Waals surface area (Å²) in [5.41, 5.74) is -1.28. The molecule has 0 saturated carbocycles. The molecule has 140 valence electrons. The number of benzene rings is 1. The Kier molecular flexibility index (Phi) is 5.73. The number of hydrogen-bond donors (Lipinski definition) is 1. The number of halogens is 5. The van der Waals surface area contributed by atoms with Crippen molar-refractivity contribution in [3.8, 4) is 0 Å². The number of hydrogen-bond acceptors (Lipinski definition) is 4. The number of nitrogens with zero attached hydrogens (tertiary/aromatic N) is 4. The minimum absolute atomic E-state index is 0.148. The number of anilines is 1. The van der Waals surface area contributed by atoms with E-state index in [4.69, 9.17) is 0 Å². The maximum atomic E-state index is 13.8. The summed E-state index contributed by atoms with van der Waals surface area (Å²) in [6.07, 6.45) is -3.68. The lowest BCUT2D eigenvalue weighted by Crippen LogP contribution is -2.12. The van der Waals surface area contributed by atoms with Gasteiger partial charge in [0.2, 0.25) is 0 Å². The van der Waals surface area contributed by atoms with Crippen LogP contribution < -0.4 is 5.32 Å². The topological polar surface area (TPSA) is 55.1 Å². The molecule has 3 aromatic rings. The molecule has 0 amide bonds. The summed E-state index contributed by atoms with van der Waals surface area (Å²) in [5, 5.41) is 6.71. The first kappa shape index (κ1) is 19.5. The fourth-order valence-corrected chi connectivity index (χ4v) is 2.18. The van der Waals surface area contributed by atoms with Crippen molar-refractivity contribution in [3.63, 3.8) is 0 Å². The molecule has 0 unspecified atom stereocenters. The smallest absolute Gasteiger partial charge is 0.366 e. The third-order valence-corrected chi connectivity index (χ3v) is 3.28. The van der Waals surface area contributed by atoms with Gasteiger partial charge < -0.3 is 5.32 Å². The third-order valence-electron chi connectivity index (χ3n) is 3.28. The Labute approximate surface area is 145 Å². The van der Waals surface area contributed by atoms with E-state index in [1.165, 1.54) is 10.8 Å². The number of fused-ring (bicyclic) bond motifs is 1. The molecule has 0 aliphatic heterocycles. The van der Waals surface area contributed by atoms with Gasteiger partial charge in [-0.2, -0.15) is 27.8 Å². The van der Waals surface area contributed by atoms with Gasteiger partial charge in [0.25, 0.3) is 5.78 Å². The lowest BCUT2D eigenvalue weighted by atomic mass is 10.1. The normalized spacial score (nSPS) is 11.2. The van der Waals surface area contributed by atoms with Crippen molar-refractivity contribution >= 4 is 11.6 Å². The molecule has 0 bridgehead atoms. The second kappa shape index (κ2) is 7.63. The van der Waals surface area contributed by atoms with E-state index in [0.29, 0.717) is 23.4 Å². The van der Waals surface area contributed by atoms with E-state index in [0.717, 1.165) is 0 Å². The molecule has 0 spiro atoms. The van der Waals surface area contributed by atoms with Gasteiger partial charge in [0, 0.05) is 23.9 Å². The van der Waals surface area contributed by atoms with Gasteiger partial charge >= 0.3 is 6.18 Å². The minimum Gasteiger partial charge on any atom is -0.366 e. The first-order valence-electron chi connectivity index (χ1n) is 7.72. The second-order valence-electron chi connectivity index (χ2n) is 5.03. The van der Waals surface area contributed by atoms with Crippen LogP contribution in [-0.4, -0.2) is 19.6 Å². The van der Waals surface area contributed by atoms with Crippen LogP contribution in [0.4, 0.5) is 27.8 Å². The molecule has 3 rings (SSSR count). The number of alkyl halides is 3. The van der Waals surface area contributed by atoms with Crippen LogP contribution in [0.5, 0.6) is 0 Å². The van der Waals surface area contributed by atoms with Crippen LogP contribution in [-0.2, 0) is 12.7 Å². The number of rotatable bonds is 3. The first-order chi connectivity index (χ1) is 12.3. The van der Waals surface area contributed by atoms with Gasteiger partial charge in [-0.1, -0.05) is 13.8 Å².